The minimum atomic E-state index is -0.423. The van der Waals surface area contributed by atoms with Crippen LogP contribution in [0.4, 0.5) is 5.69 Å². The number of carbonyl (C=O) groups excluding carboxylic acids is 1. The standard InChI is InChI=1S/C10H11ClN2O/c1-13-9-5-7(11)3-2-6(9)4-8(12)10(13)14/h2-3,5,8H,4,12H2,1H3. The van der Waals surface area contributed by atoms with Crippen LogP contribution in [0, 0.1) is 0 Å². The van der Waals surface area contributed by atoms with Crippen LogP contribution in [-0.4, -0.2) is 19.0 Å². The topological polar surface area (TPSA) is 46.3 Å². The molecule has 1 aliphatic heterocycles. The maximum atomic E-state index is 11.6. The summed E-state index contributed by atoms with van der Waals surface area (Å²) in [7, 11) is 1.72. The largest absolute Gasteiger partial charge is 0.320 e. The summed E-state index contributed by atoms with van der Waals surface area (Å²) in [6, 6.07) is 5.10. The highest BCUT2D eigenvalue weighted by Gasteiger charge is 2.27. The second-order valence-electron chi connectivity index (χ2n) is 3.48. The summed E-state index contributed by atoms with van der Waals surface area (Å²) in [5.41, 5.74) is 7.64. The van der Waals surface area contributed by atoms with Crippen LogP contribution in [0.25, 0.3) is 0 Å². The molecule has 1 atom stereocenters. The van der Waals surface area contributed by atoms with Gasteiger partial charge in [-0.05, 0) is 24.1 Å². The Bertz CT molecular complexity index is 392. The molecule has 2 N–H and O–H groups in total. The molecule has 1 heterocycles. The Labute approximate surface area is 87.4 Å². The highest BCUT2D eigenvalue weighted by Crippen LogP contribution is 2.28. The first-order valence-electron chi connectivity index (χ1n) is 4.41. The Morgan fingerprint density at radius 2 is 2.29 bits per heavy atom. The van der Waals surface area contributed by atoms with E-state index >= 15 is 0 Å². The molecule has 0 spiro atoms. The third-order valence-electron chi connectivity index (χ3n) is 2.50. The number of amides is 1. The number of halogens is 1. The van der Waals surface area contributed by atoms with E-state index in [2.05, 4.69) is 0 Å². The molecule has 0 aliphatic carbocycles. The van der Waals surface area contributed by atoms with E-state index in [9.17, 15) is 4.79 Å². The molecule has 1 aromatic carbocycles. The Balaban J connectivity index is 2.51. The van der Waals surface area contributed by atoms with Crippen LogP contribution in [0.1, 0.15) is 5.56 Å². The number of nitrogens with two attached hydrogens (primary N) is 1. The number of carbonyl (C=O) groups is 1. The molecule has 4 heteroatoms. The molecule has 1 unspecified atom stereocenters. The maximum Gasteiger partial charge on any atom is 0.243 e. The predicted molar refractivity (Wildman–Crippen MR) is 56.5 cm³/mol. The van der Waals surface area contributed by atoms with Gasteiger partial charge in [-0.15, -0.1) is 0 Å². The highest BCUT2D eigenvalue weighted by molar-refractivity contribution is 6.31. The summed E-state index contributed by atoms with van der Waals surface area (Å²) in [6.07, 6.45) is 0.593. The average Bonchev–Trinajstić information content (AvgIpc) is 2.16. The van der Waals surface area contributed by atoms with Crippen molar-refractivity contribution in [1.29, 1.82) is 0 Å². The molecule has 3 nitrogen and oxygen atoms in total. The molecule has 0 bridgehead atoms. The minimum Gasteiger partial charge on any atom is -0.320 e. The number of fused-ring (bicyclic) bond motifs is 1. The molecule has 0 saturated carbocycles. The van der Waals surface area contributed by atoms with Crippen molar-refractivity contribution in [2.75, 3.05) is 11.9 Å². The van der Waals surface area contributed by atoms with Gasteiger partial charge in [0.2, 0.25) is 5.91 Å². The fourth-order valence-electron chi connectivity index (χ4n) is 1.71. The van der Waals surface area contributed by atoms with Crippen LogP contribution in [-0.2, 0) is 11.2 Å². The molecule has 14 heavy (non-hydrogen) atoms. The van der Waals surface area contributed by atoms with Crippen LogP contribution in [0.3, 0.4) is 0 Å². The van der Waals surface area contributed by atoms with E-state index in [1.165, 1.54) is 0 Å². The first kappa shape index (κ1) is 9.49. The molecule has 0 aromatic heterocycles. The maximum absolute atomic E-state index is 11.6. The van der Waals surface area contributed by atoms with Crippen molar-refractivity contribution in [3.05, 3.63) is 28.8 Å². The van der Waals surface area contributed by atoms with Gasteiger partial charge < -0.3 is 10.6 Å². The quantitative estimate of drug-likeness (QED) is 0.699. The van der Waals surface area contributed by atoms with E-state index in [0.29, 0.717) is 11.4 Å². The normalized spacial score (nSPS) is 20.9. The van der Waals surface area contributed by atoms with Gasteiger partial charge in [0.05, 0.1) is 6.04 Å². The van der Waals surface area contributed by atoms with Crippen LogP contribution < -0.4 is 10.6 Å². The number of hydrogen-bond acceptors (Lipinski definition) is 2. The Kier molecular flexibility index (Phi) is 2.21. The lowest BCUT2D eigenvalue weighted by molar-refractivity contribution is -0.119. The first-order valence-corrected chi connectivity index (χ1v) is 4.79. The van der Waals surface area contributed by atoms with Crippen molar-refractivity contribution in [3.8, 4) is 0 Å². The van der Waals surface area contributed by atoms with Crippen molar-refractivity contribution >= 4 is 23.2 Å². The summed E-state index contributed by atoms with van der Waals surface area (Å²) in [5.74, 6) is -0.0558. The van der Waals surface area contributed by atoms with Crippen molar-refractivity contribution in [2.45, 2.75) is 12.5 Å². The number of benzene rings is 1. The molecule has 1 aromatic rings. The zero-order chi connectivity index (χ0) is 10.3. The van der Waals surface area contributed by atoms with Gasteiger partial charge in [-0.2, -0.15) is 0 Å². The second-order valence-corrected chi connectivity index (χ2v) is 3.92. The SMILES string of the molecule is CN1C(=O)C(N)Cc2ccc(Cl)cc21. The molecular weight excluding hydrogens is 200 g/mol. The number of anilines is 1. The minimum absolute atomic E-state index is 0.0558. The van der Waals surface area contributed by atoms with E-state index in [1.807, 2.05) is 12.1 Å². The van der Waals surface area contributed by atoms with Crippen LogP contribution in [0.5, 0.6) is 0 Å². The van der Waals surface area contributed by atoms with E-state index in [0.717, 1.165) is 11.3 Å². The smallest absolute Gasteiger partial charge is 0.243 e. The lowest BCUT2D eigenvalue weighted by atomic mass is 9.98. The van der Waals surface area contributed by atoms with Gasteiger partial charge in [0.15, 0.2) is 0 Å². The van der Waals surface area contributed by atoms with Crippen LogP contribution in [0.15, 0.2) is 18.2 Å². The van der Waals surface area contributed by atoms with E-state index in [4.69, 9.17) is 17.3 Å². The second kappa shape index (κ2) is 3.26. The van der Waals surface area contributed by atoms with Gasteiger partial charge in [0.1, 0.15) is 0 Å². The van der Waals surface area contributed by atoms with Gasteiger partial charge in [-0.25, -0.2) is 0 Å². The summed E-state index contributed by atoms with van der Waals surface area (Å²) in [5, 5.41) is 0.638. The predicted octanol–water partition coefficient (Wildman–Crippen LogP) is 1.19. The summed E-state index contributed by atoms with van der Waals surface area (Å²) < 4.78 is 0. The Hall–Kier alpha value is -1.06. The summed E-state index contributed by atoms with van der Waals surface area (Å²) in [6.45, 7) is 0. The van der Waals surface area contributed by atoms with Crippen molar-refractivity contribution in [1.82, 2.24) is 0 Å². The van der Waals surface area contributed by atoms with Gasteiger partial charge in [-0.1, -0.05) is 17.7 Å². The fraction of sp³-hybridized carbons (Fsp3) is 0.300. The number of nitrogens with zero attached hydrogens (tertiary/aromatic N) is 1. The third kappa shape index (κ3) is 1.38. The van der Waals surface area contributed by atoms with E-state index in [-0.39, 0.29) is 5.91 Å². The van der Waals surface area contributed by atoms with Gasteiger partial charge >= 0.3 is 0 Å². The number of rotatable bonds is 0. The first-order chi connectivity index (χ1) is 6.59. The van der Waals surface area contributed by atoms with Crippen LogP contribution in [0.2, 0.25) is 5.02 Å². The average molecular weight is 211 g/mol. The van der Waals surface area contributed by atoms with Crippen molar-refractivity contribution in [2.24, 2.45) is 5.73 Å². The lowest BCUT2D eigenvalue weighted by Crippen LogP contribution is -2.46. The Morgan fingerprint density at radius 1 is 1.57 bits per heavy atom. The highest BCUT2D eigenvalue weighted by atomic mass is 35.5. The molecule has 2 rings (SSSR count). The molecule has 74 valence electrons. The lowest BCUT2D eigenvalue weighted by Gasteiger charge is -2.29. The van der Waals surface area contributed by atoms with Gasteiger partial charge in [-0.3, -0.25) is 4.79 Å². The zero-order valence-corrected chi connectivity index (χ0v) is 8.58. The molecule has 0 radical (unpaired) electrons. The van der Waals surface area contributed by atoms with Crippen molar-refractivity contribution < 1.29 is 4.79 Å². The molecular formula is C10H11ClN2O. The van der Waals surface area contributed by atoms with E-state index in [1.54, 1.807) is 18.0 Å². The fourth-order valence-corrected chi connectivity index (χ4v) is 1.88. The Morgan fingerprint density at radius 3 is 3.00 bits per heavy atom. The zero-order valence-electron chi connectivity index (χ0n) is 7.83. The third-order valence-corrected chi connectivity index (χ3v) is 2.73. The molecule has 0 saturated heterocycles. The van der Waals surface area contributed by atoms with Gasteiger partial charge in [0.25, 0.3) is 0 Å². The molecule has 1 aliphatic rings. The monoisotopic (exact) mass is 210 g/mol. The van der Waals surface area contributed by atoms with Crippen molar-refractivity contribution in [3.63, 3.8) is 0 Å². The summed E-state index contributed by atoms with van der Waals surface area (Å²) >= 11 is 5.86. The van der Waals surface area contributed by atoms with Gasteiger partial charge in [0, 0.05) is 17.8 Å². The number of hydrogen-bond donors (Lipinski definition) is 1. The molecule has 0 fully saturated rings. The summed E-state index contributed by atoms with van der Waals surface area (Å²) in [4.78, 5) is 13.1. The number of likely N-dealkylation sites (N-methyl/N-ethyl adjacent to an activating group) is 1. The van der Waals surface area contributed by atoms with Crippen LogP contribution >= 0.6 is 11.6 Å². The molecule has 1 amide bonds. The van der Waals surface area contributed by atoms with E-state index < -0.39 is 6.04 Å².